The number of carbonyl (C=O) groups is 2. The standard InChI is InChI=1S/C38H51ClO3/c1-23(2)27-15-18-38(33(41)42-8)20-19-36(6)28(31(27)38)13-14-30-35(5)22-25(21-24-9-11-26(39)12-10-24)32(40)34(3,4)29(35)16-17-37(30,36)7/h9-12,21,27-31H,1,13-20,22H2,2-8H3/b25-21+/t27-,28+,29+,30+,31+,35+,36-,37+,38+/m1/s1. The van der Waals surface area contributed by atoms with Crippen molar-refractivity contribution >= 4 is 29.4 Å². The van der Waals surface area contributed by atoms with Crippen LogP contribution in [0.3, 0.4) is 0 Å². The number of fused-ring (bicyclic) bond motifs is 7. The van der Waals surface area contributed by atoms with E-state index in [1.54, 1.807) is 7.11 Å². The Bertz CT molecular complexity index is 1340. The first-order chi connectivity index (χ1) is 19.7. The summed E-state index contributed by atoms with van der Waals surface area (Å²) in [6.07, 6.45) is 11.5. The smallest absolute Gasteiger partial charge is 0.312 e. The maximum Gasteiger partial charge on any atom is 0.312 e. The van der Waals surface area contributed by atoms with Gasteiger partial charge in [0.25, 0.3) is 0 Å². The lowest BCUT2D eigenvalue weighted by molar-refractivity contribution is -0.232. The van der Waals surface area contributed by atoms with Gasteiger partial charge in [0, 0.05) is 10.4 Å². The average molecular weight is 591 g/mol. The largest absolute Gasteiger partial charge is 0.469 e. The van der Waals surface area contributed by atoms with E-state index in [-0.39, 0.29) is 27.6 Å². The summed E-state index contributed by atoms with van der Waals surface area (Å²) in [5.74, 6) is 2.42. The van der Waals surface area contributed by atoms with Gasteiger partial charge in [0.05, 0.1) is 12.5 Å². The minimum absolute atomic E-state index is 0.0192. The number of methoxy groups -OCH3 is 1. The summed E-state index contributed by atoms with van der Waals surface area (Å²) in [4.78, 5) is 27.6. The number of allylic oxidation sites excluding steroid dienone is 2. The Kier molecular flexibility index (Phi) is 7.05. The molecule has 0 amide bonds. The second-order valence-electron chi connectivity index (χ2n) is 16.3. The molecule has 0 N–H and O–H groups in total. The second kappa shape index (κ2) is 9.82. The number of ether oxygens (including phenoxy) is 1. The minimum Gasteiger partial charge on any atom is -0.469 e. The zero-order chi connectivity index (χ0) is 30.5. The van der Waals surface area contributed by atoms with E-state index in [4.69, 9.17) is 16.3 Å². The van der Waals surface area contributed by atoms with Gasteiger partial charge >= 0.3 is 5.97 Å². The van der Waals surface area contributed by atoms with E-state index >= 15 is 0 Å². The molecular formula is C38H51ClO3. The molecule has 1 aromatic rings. The molecule has 0 spiro atoms. The molecule has 4 heteroatoms. The van der Waals surface area contributed by atoms with Crippen LogP contribution in [-0.2, 0) is 14.3 Å². The molecule has 0 radical (unpaired) electrons. The van der Waals surface area contributed by atoms with Gasteiger partial charge in [0.15, 0.2) is 5.78 Å². The van der Waals surface area contributed by atoms with Crippen molar-refractivity contribution in [2.45, 2.75) is 99.3 Å². The third kappa shape index (κ3) is 3.90. The van der Waals surface area contributed by atoms with Crippen LogP contribution >= 0.6 is 11.6 Å². The van der Waals surface area contributed by atoms with Crippen molar-refractivity contribution in [1.29, 1.82) is 0 Å². The van der Waals surface area contributed by atoms with Crippen LogP contribution in [0, 0.1) is 56.7 Å². The van der Waals surface area contributed by atoms with Crippen LogP contribution in [0.2, 0.25) is 5.02 Å². The molecule has 0 heterocycles. The normalized spacial score (nSPS) is 44.9. The van der Waals surface area contributed by atoms with Crippen LogP contribution in [0.1, 0.15) is 105 Å². The van der Waals surface area contributed by atoms with E-state index in [1.807, 2.05) is 24.3 Å². The molecule has 5 aliphatic rings. The summed E-state index contributed by atoms with van der Waals surface area (Å²) in [7, 11) is 1.58. The lowest BCUT2D eigenvalue weighted by atomic mass is 9.32. The summed E-state index contributed by atoms with van der Waals surface area (Å²) >= 11 is 6.18. The second-order valence-corrected chi connectivity index (χ2v) is 16.7. The van der Waals surface area contributed by atoms with E-state index in [0.717, 1.165) is 62.5 Å². The molecule has 0 unspecified atom stereocenters. The van der Waals surface area contributed by atoms with Crippen molar-refractivity contribution in [1.82, 2.24) is 0 Å². The number of ketones is 1. The Morgan fingerprint density at radius 3 is 2.26 bits per heavy atom. The fourth-order valence-corrected chi connectivity index (χ4v) is 12.6. The molecular weight excluding hydrogens is 540 g/mol. The summed E-state index contributed by atoms with van der Waals surface area (Å²) in [5.41, 5.74) is 2.83. The summed E-state index contributed by atoms with van der Waals surface area (Å²) < 4.78 is 5.54. The lowest BCUT2D eigenvalue weighted by Gasteiger charge is -2.72. The number of rotatable bonds is 3. The molecule has 5 saturated carbocycles. The molecule has 0 aliphatic heterocycles. The lowest BCUT2D eigenvalue weighted by Crippen LogP contribution is -2.67. The van der Waals surface area contributed by atoms with E-state index in [9.17, 15) is 9.59 Å². The number of hydrogen-bond donors (Lipinski definition) is 0. The van der Waals surface area contributed by atoms with Gasteiger partial charge in [0.1, 0.15) is 0 Å². The molecule has 3 nitrogen and oxygen atoms in total. The van der Waals surface area contributed by atoms with Gasteiger partial charge in [0.2, 0.25) is 0 Å². The van der Waals surface area contributed by atoms with Gasteiger partial charge in [-0.2, -0.15) is 0 Å². The summed E-state index contributed by atoms with van der Waals surface area (Å²) in [6, 6.07) is 7.87. The van der Waals surface area contributed by atoms with Crippen molar-refractivity contribution in [3.63, 3.8) is 0 Å². The molecule has 6 rings (SSSR count). The van der Waals surface area contributed by atoms with Crippen molar-refractivity contribution in [3.05, 3.63) is 52.6 Å². The van der Waals surface area contributed by atoms with Gasteiger partial charge in [-0.15, -0.1) is 0 Å². The van der Waals surface area contributed by atoms with E-state index < -0.39 is 5.41 Å². The quantitative estimate of drug-likeness (QED) is 0.200. The molecule has 0 bridgehead atoms. The highest BCUT2D eigenvalue weighted by Crippen LogP contribution is 2.77. The summed E-state index contributed by atoms with van der Waals surface area (Å²) in [5, 5.41) is 0.715. The highest BCUT2D eigenvalue weighted by molar-refractivity contribution is 6.30. The maximum absolute atomic E-state index is 14.1. The number of halogens is 1. The van der Waals surface area contributed by atoms with Crippen molar-refractivity contribution in [2.24, 2.45) is 56.7 Å². The fraction of sp³-hybridized carbons (Fsp3) is 0.684. The Balaban J connectivity index is 1.41. The van der Waals surface area contributed by atoms with E-state index in [2.05, 4.69) is 54.2 Å². The van der Waals surface area contributed by atoms with Crippen LogP contribution in [0.15, 0.2) is 42.0 Å². The van der Waals surface area contributed by atoms with Crippen LogP contribution in [0.5, 0.6) is 0 Å². The molecule has 1 aromatic carbocycles. The number of esters is 1. The first-order valence-corrected chi connectivity index (χ1v) is 16.8. The molecule has 5 fully saturated rings. The third-order valence-corrected chi connectivity index (χ3v) is 14.7. The number of benzene rings is 1. The molecule has 42 heavy (non-hydrogen) atoms. The first-order valence-electron chi connectivity index (χ1n) is 16.4. The number of carbonyl (C=O) groups excluding carboxylic acids is 2. The van der Waals surface area contributed by atoms with Crippen LogP contribution in [0.25, 0.3) is 6.08 Å². The molecule has 0 saturated heterocycles. The zero-order valence-electron chi connectivity index (χ0n) is 26.9. The van der Waals surface area contributed by atoms with Gasteiger partial charge in [-0.25, -0.2) is 0 Å². The third-order valence-electron chi connectivity index (χ3n) is 14.5. The first kappa shape index (κ1) is 30.2. The summed E-state index contributed by atoms with van der Waals surface area (Å²) in [6.45, 7) is 18.8. The Hall–Kier alpha value is -1.87. The maximum atomic E-state index is 14.1. The van der Waals surface area contributed by atoms with Crippen LogP contribution < -0.4 is 0 Å². The van der Waals surface area contributed by atoms with Crippen molar-refractivity contribution < 1.29 is 14.3 Å². The fourth-order valence-electron chi connectivity index (χ4n) is 12.4. The molecule has 9 atom stereocenters. The monoisotopic (exact) mass is 590 g/mol. The van der Waals surface area contributed by atoms with Gasteiger partial charge in [-0.1, -0.05) is 70.5 Å². The molecule has 0 aromatic heterocycles. The van der Waals surface area contributed by atoms with Crippen LogP contribution in [-0.4, -0.2) is 18.9 Å². The number of hydrogen-bond acceptors (Lipinski definition) is 3. The Morgan fingerprint density at radius 1 is 0.929 bits per heavy atom. The predicted octanol–water partition coefficient (Wildman–Crippen LogP) is 9.73. The van der Waals surface area contributed by atoms with Crippen molar-refractivity contribution in [2.75, 3.05) is 7.11 Å². The van der Waals surface area contributed by atoms with E-state index in [0.29, 0.717) is 40.4 Å². The average Bonchev–Trinajstić information content (AvgIpc) is 3.34. The molecule has 5 aliphatic carbocycles. The van der Waals surface area contributed by atoms with Gasteiger partial charge < -0.3 is 4.74 Å². The molecule has 228 valence electrons. The van der Waals surface area contributed by atoms with Crippen molar-refractivity contribution in [3.8, 4) is 0 Å². The highest BCUT2D eigenvalue weighted by atomic mass is 35.5. The predicted molar refractivity (Wildman–Crippen MR) is 171 cm³/mol. The van der Waals surface area contributed by atoms with E-state index in [1.165, 1.54) is 12.0 Å². The Labute approximate surface area is 258 Å². The minimum atomic E-state index is -0.395. The van der Waals surface area contributed by atoms with Gasteiger partial charge in [-0.05, 0) is 140 Å². The van der Waals surface area contributed by atoms with Crippen LogP contribution in [0.4, 0.5) is 0 Å². The van der Waals surface area contributed by atoms with Gasteiger partial charge in [-0.3, -0.25) is 9.59 Å². The zero-order valence-corrected chi connectivity index (χ0v) is 27.7. The number of Topliss-reactive ketones (excluding diaryl/α,β-unsaturated/α-hetero) is 1. The Morgan fingerprint density at radius 2 is 1.62 bits per heavy atom. The SMILES string of the molecule is C=C(C)[C@H]1CC[C@]2(C(=O)OC)CC[C@]3(C)[C@@H](CC[C@H]4[C@@]5(C)C/C(=C\c6ccc(Cl)cc6)C(=O)C(C)(C)[C@@H]5CC[C@@]43C)[C@H]12. The highest BCUT2D eigenvalue weighted by Gasteiger charge is 2.72. The topological polar surface area (TPSA) is 43.4 Å².